The second-order valence-electron chi connectivity index (χ2n) is 5.01. The average Bonchev–Trinajstić information content (AvgIpc) is 2.56. The predicted octanol–water partition coefficient (Wildman–Crippen LogP) is 2.02. The highest BCUT2D eigenvalue weighted by molar-refractivity contribution is 5.84. The van der Waals surface area contributed by atoms with Crippen molar-refractivity contribution in [3.8, 4) is 11.4 Å². The van der Waals surface area contributed by atoms with E-state index in [1.165, 1.54) is 4.57 Å². The van der Waals surface area contributed by atoms with Crippen molar-refractivity contribution in [3.05, 3.63) is 64.6 Å². The summed E-state index contributed by atoms with van der Waals surface area (Å²) in [7, 11) is 0. The number of hydrogen-bond donors (Lipinski definition) is 2. The van der Waals surface area contributed by atoms with E-state index in [0.29, 0.717) is 35.1 Å². The summed E-state index contributed by atoms with van der Waals surface area (Å²) in [5.41, 5.74) is 1.12. The second-order valence-corrected chi connectivity index (χ2v) is 5.01. The summed E-state index contributed by atoms with van der Waals surface area (Å²) >= 11 is 0. The van der Waals surface area contributed by atoms with E-state index in [1.54, 1.807) is 18.3 Å². The first-order valence-corrected chi connectivity index (χ1v) is 7.12. The molecule has 0 fully saturated rings. The minimum Gasteiger partial charge on any atom is -0.507 e. The van der Waals surface area contributed by atoms with Gasteiger partial charge in [-0.1, -0.05) is 18.2 Å². The maximum atomic E-state index is 12.8. The fourth-order valence-corrected chi connectivity index (χ4v) is 2.55. The van der Waals surface area contributed by atoms with Crippen molar-refractivity contribution in [2.45, 2.75) is 12.8 Å². The molecule has 3 rings (SSSR count). The van der Waals surface area contributed by atoms with Crippen LogP contribution in [0, 0.1) is 0 Å². The van der Waals surface area contributed by atoms with Crippen LogP contribution in [0.25, 0.3) is 16.7 Å². The molecule has 112 valence electrons. The van der Waals surface area contributed by atoms with Crippen LogP contribution in [0.2, 0.25) is 0 Å². The van der Waals surface area contributed by atoms with Gasteiger partial charge in [-0.3, -0.25) is 9.36 Å². The van der Waals surface area contributed by atoms with Crippen LogP contribution in [0.3, 0.4) is 0 Å². The number of rotatable bonds is 4. The number of aromatic nitrogens is 2. The molecule has 0 aliphatic heterocycles. The number of nitrogens with zero attached hydrogens (tertiary/aromatic N) is 2. The van der Waals surface area contributed by atoms with Crippen molar-refractivity contribution < 1.29 is 10.2 Å². The predicted molar refractivity (Wildman–Crippen MR) is 84.4 cm³/mol. The van der Waals surface area contributed by atoms with E-state index in [4.69, 9.17) is 5.11 Å². The quantitative estimate of drug-likeness (QED) is 0.772. The number of benzene rings is 1. The lowest BCUT2D eigenvalue weighted by Gasteiger charge is -2.14. The van der Waals surface area contributed by atoms with Crippen molar-refractivity contribution in [3.63, 3.8) is 0 Å². The number of aliphatic hydroxyl groups excluding tert-OH is 1. The first-order chi connectivity index (χ1) is 10.7. The van der Waals surface area contributed by atoms with Crippen molar-refractivity contribution in [1.82, 2.24) is 9.55 Å². The molecule has 0 aliphatic rings. The number of pyridine rings is 2. The molecule has 0 unspecified atom stereocenters. The normalized spacial score (nSPS) is 11.0. The summed E-state index contributed by atoms with van der Waals surface area (Å²) in [4.78, 5) is 17.0. The van der Waals surface area contributed by atoms with E-state index in [9.17, 15) is 9.90 Å². The van der Waals surface area contributed by atoms with E-state index in [-0.39, 0.29) is 17.9 Å². The molecule has 0 amide bonds. The fraction of sp³-hybridized carbons (Fsp3) is 0.176. The Kier molecular flexibility index (Phi) is 3.89. The van der Waals surface area contributed by atoms with Gasteiger partial charge in [0.05, 0.1) is 16.6 Å². The molecular weight excluding hydrogens is 280 g/mol. The van der Waals surface area contributed by atoms with Crippen LogP contribution in [-0.2, 0) is 6.42 Å². The molecule has 1 aromatic carbocycles. The van der Waals surface area contributed by atoms with Gasteiger partial charge in [-0.05, 0) is 37.1 Å². The van der Waals surface area contributed by atoms with E-state index >= 15 is 0 Å². The average molecular weight is 296 g/mol. The zero-order chi connectivity index (χ0) is 15.5. The molecule has 2 aromatic heterocycles. The van der Waals surface area contributed by atoms with E-state index < -0.39 is 0 Å². The number of aromatic hydroxyl groups is 1. The van der Waals surface area contributed by atoms with Gasteiger partial charge in [-0.2, -0.15) is 0 Å². The Morgan fingerprint density at radius 2 is 1.86 bits per heavy atom. The molecule has 0 bridgehead atoms. The Morgan fingerprint density at radius 1 is 1.09 bits per heavy atom. The third-order valence-corrected chi connectivity index (χ3v) is 3.60. The highest BCUT2D eigenvalue weighted by atomic mass is 16.3. The lowest BCUT2D eigenvalue weighted by Crippen LogP contribution is -2.23. The first kappa shape index (κ1) is 14.3. The van der Waals surface area contributed by atoms with E-state index in [1.807, 2.05) is 30.3 Å². The lowest BCUT2D eigenvalue weighted by molar-refractivity contribution is 0.288. The van der Waals surface area contributed by atoms with Crippen LogP contribution in [0.4, 0.5) is 0 Å². The summed E-state index contributed by atoms with van der Waals surface area (Å²) in [6.45, 7) is -0.0324. The largest absolute Gasteiger partial charge is 0.507 e. The molecular formula is C17H16N2O3. The van der Waals surface area contributed by atoms with Gasteiger partial charge in [0.2, 0.25) is 0 Å². The summed E-state index contributed by atoms with van der Waals surface area (Å²) in [5.74, 6) is -0.0475. The van der Waals surface area contributed by atoms with Crippen molar-refractivity contribution >= 4 is 11.0 Å². The van der Waals surface area contributed by atoms with Crippen LogP contribution in [0.1, 0.15) is 12.0 Å². The maximum Gasteiger partial charge on any atom is 0.263 e. The minimum absolute atomic E-state index is 0.0324. The molecule has 3 aromatic rings. The van der Waals surface area contributed by atoms with Crippen LogP contribution < -0.4 is 5.56 Å². The second kappa shape index (κ2) is 5.99. The summed E-state index contributed by atoms with van der Waals surface area (Å²) in [6, 6.07) is 12.7. The van der Waals surface area contributed by atoms with Gasteiger partial charge in [-0.25, -0.2) is 4.98 Å². The smallest absolute Gasteiger partial charge is 0.263 e. The molecule has 0 spiro atoms. The van der Waals surface area contributed by atoms with Crippen LogP contribution in [0.5, 0.6) is 5.75 Å². The molecule has 5 heteroatoms. The third-order valence-electron chi connectivity index (χ3n) is 3.60. The maximum absolute atomic E-state index is 12.8. The molecule has 2 heterocycles. The number of aliphatic hydroxyl groups is 1. The Bertz CT molecular complexity index is 857. The van der Waals surface area contributed by atoms with Crippen molar-refractivity contribution in [2.24, 2.45) is 0 Å². The minimum atomic E-state index is -0.302. The van der Waals surface area contributed by atoms with Gasteiger partial charge in [-0.15, -0.1) is 0 Å². The molecule has 0 radical (unpaired) electrons. The number of hydrogen-bond acceptors (Lipinski definition) is 4. The highest BCUT2D eigenvalue weighted by Gasteiger charge is 2.17. The lowest BCUT2D eigenvalue weighted by atomic mass is 10.1. The Morgan fingerprint density at radius 3 is 2.59 bits per heavy atom. The van der Waals surface area contributed by atoms with Gasteiger partial charge in [0.15, 0.2) is 5.65 Å². The fourth-order valence-electron chi connectivity index (χ4n) is 2.55. The zero-order valence-electron chi connectivity index (χ0n) is 11.9. The van der Waals surface area contributed by atoms with Crippen molar-refractivity contribution in [1.29, 1.82) is 0 Å². The van der Waals surface area contributed by atoms with Crippen LogP contribution in [-0.4, -0.2) is 26.4 Å². The Labute approximate surface area is 127 Å². The molecule has 2 N–H and O–H groups in total. The van der Waals surface area contributed by atoms with E-state index in [0.717, 1.165) is 0 Å². The van der Waals surface area contributed by atoms with Gasteiger partial charge in [0.25, 0.3) is 5.56 Å². The van der Waals surface area contributed by atoms with Gasteiger partial charge < -0.3 is 10.2 Å². The summed E-state index contributed by atoms with van der Waals surface area (Å²) in [5, 5.41) is 19.9. The molecule has 0 aliphatic carbocycles. The molecule has 0 atom stereocenters. The van der Waals surface area contributed by atoms with Gasteiger partial charge in [0.1, 0.15) is 5.75 Å². The monoisotopic (exact) mass is 296 g/mol. The molecule has 0 saturated carbocycles. The summed E-state index contributed by atoms with van der Waals surface area (Å²) in [6.07, 6.45) is 2.33. The molecule has 22 heavy (non-hydrogen) atoms. The van der Waals surface area contributed by atoms with Gasteiger partial charge >= 0.3 is 0 Å². The van der Waals surface area contributed by atoms with Crippen LogP contribution in [0.15, 0.2) is 53.5 Å². The summed E-state index contributed by atoms with van der Waals surface area (Å²) < 4.78 is 1.50. The standard InChI is InChI=1S/C17H16N2O3/c20-11-5-9-14-15(21)13-8-4-10-18-16(13)19(17(14)22)12-6-2-1-3-7-12/h1-4,6-8,10,20-21H,5,9,11H2. The Hall–Kier alpha value is -2.66. The van der Waals surface area contributed by atoms with Crippen LogP contribution >= 0.6 is 0 Å². The number of para-hydroxylation sites is 1. The highest BCUT2D eigenvalue weighted by Crippen LogP contribution is 2.27. The number of fused-ring (bicyclic) bond motifs is 1. The molecule has 0 saturated heterocycles. The molecule has 5 nitrogen and oxygen atoms in total. The van der Waals surface area contributed by atoms with Gasteiger partial charge in [0, 0.05) is 12.8 Å². The van der Waals surface area contributed by atoms with Crippen molar-refractivity contribution in [2.75, 3.05) is 6.61 Å². The first-order valence-electron chi connectivity index (χ1n) is 7.12. The zero-order valence-corrected chi connectivity index (χ0v) is 11.9. The van der Waals surface area contributed by atoms with E-state index in [2.05, 4.69) is 4.98 Å². The Balaban J connectivity index is 2.37. The SMILES string of the molecule is O=c1c(CCCO)c(O)c2cccnc2n1-c1ccccc1. The topological polar surface area (TPSA) is 75.3 Å². The third kappa shape index (κ3) is 2.35.